The number of halogens is 3. The molecule has 2 N–H and O–H groups in total. The first kappa shape index (κ1) is 32.7. The van der Waals surface area contributed by atoms with Crippen LogP contribution in [0.2, 0.25) is 5.02 Å². The molecule has 14 heteroatoms. The standard InChI is InChI=1S/C31H32ClF2N5O4S2/c1-31(2,21-7-9-22(33)10-8-21)28-18-35-30(39(28)23-11-13-26(34)27(16-23)43-3)44-19-20-6-12-24(17-25(20)32)45(41,42)37-29(40)36-38-14-4-5-15-38/h6-13,16-18H,4-5,14-15,19H2,1-3H3,(H2,36,37,40). The first-order valence-corrected chi connectivity index (χ1v) is 16.9. The van der Waals surface area contributed by atoms with Crippen LogP contribution < -0.4 is 14.9 Å². The van der Waals surface area contributed by atoms with Gasteiger partial charge in [-0.15, -0.1) is 0 Å². The summed E-state index contributed by atoms with van der Waals surface area (Å²) in [5, 5.41) is 2.41. The van der Waals surface area contributed by atoms with Gasteiger partial charge in [-0.2, -0.15) is 0 Å². The Bertz CT molecular complexity index is 1810. The van der Waals surface area contributed by atoms with Crippen molar-refractivity contribution in [3.8, 4) is 11.4 Å². The van der Waals surface area contributed by atoms with E-state index in [1.807, 2.05) is 23.1 Å². The number of carbonyl (C=O) groups excluding carboxylic acids is 1. The highest BCUT2D eigenvalue weighted by molar-refractivity contribution is 7.98. The van der Waals surface area contributed by atoms with Gasteiger partial charge in [0.05, 0.1) is 29.6 Å². The van der Waals surface area contributed by atoms with Crippen LogP contribution in [0.25, 0.3) is 5.69 Å². The molecule has 45 heavy (non-hydrogen) atoms. The lowest BCUT2D eigenvalue weighted by molar-refractivity contribution is 0.202. The zero-order valence-corrected chi connectivity index (χ0v) is 27.2. The number of imidazole rings is 1. The Hall–Kier alpha value is -3.65. The second-order valence-corrected chi connectivity index (χ2v) is 14.0. The molecule has 1 aliphatic heterocycles. The summed E-state index contributed by atoms with van der Waals surface area (Å²) in [4.78, 5) is 16.8. The molecule has 0 unspecified atom stereocenters. The number of nitrogens with one attached hydrogen (secondary N) is 2. The lowest BCUT2D eigenvalue weighted by Crippen LogP contribution is -2.47. The lowest BCUT2D eigenvalue weighted by Gasteiger charge is -2.27. The zero-order valence-electron chi connectivity index (χ0n) is 24.8. The molecule has 0 bridgehead atoms. The average Bonchev–Trinajstić information content (AvgIpc) is 3.67. The van der Waals surface area contributed by atoms with Crippen molar-refractivity contribution in [2.75, 3.05) is 20.2 Å². The van der Waals surface area contributed by atoms with Gasteiger partial charge < -0.3 is 4.74 Å². The van der Waals surface area contributed by atoms with E-state index >= 15 is 0 Å². The summed E-state index contributed by atoms with van der Waals surface area (Å²) >= 11 is 7.87. The number of hydrogen-bond donors (Lipinski definition) is 2. The summed E-state index contributed by atoms with van der Waals surface area (Å²) in [6.45, 7) is 5.28. The van der Waals surface area contributed by atoms with E-state index in [-0.39, 0.29) is 21.5 Å². The molecule has 238 valence electrons. The largest absolute Gasteiger partial charge is 0.494 e. The van der Waals surface area contributed by atoms with Crippen LogP contribution in [0.15, 0.2) is 76.9 Å². The smallest absolute Gasteiger partial charge is 0.343 e. The third kappa shape index (κ3) is 7.27. The number of thioether (sulfide) groups is 1. The normalized spacial score (nSPS) is 14.0. The summed E-state index contributed by atoms with van der Waals surface area (Å²) < 4.78 is 62.9. The number of carbonyl (C=O) groups is 1. The number of hydrogen-bond acceptors (Lipinski definition) is 7. The van der Waals surface area contributed by atoms with Crippen LogP contribution in [-0.4, -0.2) is 49.2 Å². The van der Waals surface area contributed by atoms with Crippen LogP contribution >= 0.6 is 23.4 Å². The van der Waals surface area contributed by atoms with Crippen LogP contribution in [0.5, 0.6) is 5.75 Å². The van der Waals surface area contributed by atoms with Crippen molar-refractivity contribution in [2.24, 2.45) is 0 Å². The first-order chi connectivity index (χ1) is 21.4. The van der Waals surface area contributed by atoms with Gasteiger partial charge in [0.25, 0.3) is 10.0 Å². The Labute approximate surface area is 270 Å². The first-order valence-electron chi connectivity index (χ1n) is 14.1. The van der Waals surface area contributed by atoms with Crippen molar-refractivity contribution in [1.82, 2.24) is 24.7 Å². The van der Waals surface area contributed by atoms with E-state index in [0.717, 1.165) is 24.1 Å². The zero-order chi connectivity index (χ0) is 32.4. The number of amides is 2. The van der Waals surface area contributed by atoms with Gasteiger partial charge in [-0.05, 0) is 60.4 Å². The third-order valence-corrected chi connectivity index (χ3v) is 10.3. The van der Waals surface area contributed by atoms with E-state index in [4.69, 9.17) is 16.3 Å². The summed E-state index contributed by atoms with van der Waals surface area (Å²) in [5.74, 6) is -0.488. The molecule has 5 rings (SSSR count). The highest BCUT2D eigenvalue weighted by Gasteiger charge is 2.30. The molecule has 0 atom stereocenters. The molecular weight excluding hydrogens is 644 g/mol. The molecule has 2 amide bonds. The fourth-order valence-electron chi connectivity index (χ4n) is 5.06. The SMILES string of the molecule is COc1cc(-n2c(C(C)(C)c3ccc(F)cc3)cnc2SCc2ccc(S(=O)(=O)NC(=O)NN3CCCC3)cc2Cl)ccc1F. The highest BCUT2D eigenvalue weighted by Crippen LogP contribution is 2.38. The maximum Gasteiger partial charge on any atom is 0.343 e. The molecule has 3 aromatic carbocycles. The van der Waals surface area contributed by atoms with Gasteiger partial charge in [0, 0.05) is 35.3 Å². The fraction of sp³-hybridized carbons (Fsp3) is 0.290. The Morgan fingerprint density at radius 1 is 1.07 bits per heavy atom. The molecule has 0 saturated carbocycles. The van der Waals surface area contributed by atoms with Crippen molar-refractivity contribution in [2.45, 2.75) is 47.9 Å². The number of ether oxygens (including phenoxy) is 1. The van der Waals surface area contributed by atoms with Crippen LogP contribution in [-0.2, 0) is 21.2 Å². The molecule has 0 radical (unpaired) electrons. The molecule has 0 aliphatic carbocycles. The molecule has 1 aromatic heterocycles. The van der Waals surface area contributed by atoms with E-state index < -0.39 is 27.3 Å². The van der Waals surface area contributed by atoms with Crippen LogP contribution in [0.1, 0.15) is 43.5 Å². The Morgan fingerprint density at radius 3 is 2.44 bits per heavy atom. The quantitative estimate of drug-likeness (QED) is 0.187. The van der Waals surface area contributed by atoms with Gasteiger partial charge in [-0.25, -0.2) is 36.7 Å². The van der Waals surface area contributed by atoms with E-state index in [1.165, 1.54) is 49.2 Å². The second-order valence-electron chi connectivity index (χ2n) is 11.0. The lowest BCUT2D eigenvalue weighted by atomic mass is 9.81. The maximum atomic E-state index is 14.4. The van der Waals surface area contributed by atoms with Crippen LogP contribution in [0, 0.1) is 11.6 Å². The number of aromatic nitrogens is 2. The van der Waals surface area contributed by atoms with E-state index in [9.17, 15) is 22.0 Å². The number of rotatable bonds is 10. The van der Waals surface area contributed by atoms with Gasteiger partial charge in [0.2, 0.25) is 0 Å². The molecular formula is C31H32ClF2N5O4S2. The van der Waals surface area contributed by atoms with Gasteiger partial charge in [-0.1, -0.05) is 55.4 Å². The monoisotopic (exact) mass is 675 g/mol. The fourth-order valence-corrected chi connectivity index (χ4v) is 7.38. The molecule has 2 heterocycles. The Balaban J connectivity index is 1.41. The summed E-state index contributed by atoms with van der Waals surface area (Å²) in [6, 6.07) is 14.2. The van der Waals surface area contributed by atoms with Crippen LogP contribution in [0.3, 0.4) is 0 Å². The number of nitrogens with zero attached hydrogens (tertiary/aromatic N) is 3. The van der Waals surface area contributed by atoms with Crippen molar-refractivity contribution < 1.29 is 26.7 Å². The van der Waals surface area contributed by atoms with Gasteiger partial charge in [0.1, 0.15) is 5.82 Å². The third-order valence-electron chi connectivity index (χ3n) is 7.61. The van der Waals surface area contributed by atoms with Gasteiger partial charge in [0.15, 0.2) is 16.7 Å². The van der Waals surface area contributed by atoms with E-state index in [0.29, 0.717) is 35.2 Å². The number of methoxy groups -OCH3 is 1. The van der Waals surface area contributed by atoms with Gasteiger partial charge >= 0.3 is 6.03 Å². The summed E-state index contributed by atoms with van der Waals surface area (Å²) in [5.41, 5.74) is 4.74. The molecule has 9 nitrogen and oxygen atoms in total. The number of hydrazine groups is 1. The predicted molar refractivity (Wildman–Crippen MR) is 169 cm³/mol. The Morgan fingerprint density at radius 2 is 1.78 bits per heavy atom. The molecule has 1 fully saturated rings. The minimum Gasteiger partial charge on any atom is -0.494 e. The number of sulfonamides is 1. The van der Waals surface area contributed by atoms with Crippen molar-refractivity contribution >= 4 is 39.4 Å². The van der Waals surface area contributed by atoms with E-state index in [2.05, 4.69) is 10.4 Å². The van der Waals surface area contributed by atoms with E-state index in [1.54, 1.807) is 41.5 Å². The number of urea groups is 1. The Kier molecular flexibility index (Phi) is 9.73. The predicted octanol–water partition coefficient (Wildman–Crippen LogP) is 6.43. The topological polar surface area (TPSA) is 106 Å². The molecule has 1 aliphatic rings. The number of benzene rings is 3. The summed E-state index contributed by atoms with van der Waals surface area (Å²) in [6.07, 6.45) is 3.57. The average molecular weight is 676 g/mol. The highest BCUT2D eigenvalue weighted by atomic mass is 35.5. The van der Waals surface area contributed by atoms with Crippen molar-refractivity contribution in [1.29, 1.82) is 0 Å². The van der Waals surface area contributed by atoms with Gasteiger partial charge in [-0.3, -0.25) is 9.99 Å². The summed E-state index contributed by atoms with van der Waals surface area (Å²) in [7, 11) is -2.78. The molecule has 1 saturated heterocycles. The second kappa shape index (κ2) is 13.4. The van der Waals surface area contributed by atoms with Crippen LogP contribution in [0.4, 0.5) is 13.6 Å². The minimum atomic E-state index is -4.16. The van der Waals surface area contributed by atoms with Crippen molar-refractivity contribution in [3.63, 3.8) is 0 Å². The molecule has 4 aromatic rings. The molecule has 0 spiro atoms. The van der Waals surface area contributed by atoms with Crippen molar-refractivity contribution in [3.05, 3.63) is 100 Å². The maximum absolute atomic E-state index is 14.4. The minimum absolute atomic E-state index is 0.0604.